The van der Waals surface area contributed by atoms with Crippen LogP contribution in [-0.4, -0.2) is 11.0 Å². The van der Waals surface area contributed by atoms with Crippen molar-refractivity contribution in [3.63, 3.8) is 0 Å². The van der Waals surface area contributed by atoms with Gasteiger partial charge in [0.2, 0.25) is 0 Å². The molecule has 0 aliphatic heterocycles. The molecule has 0 aromatic heterocycles. The lowest BCUT2D eigenvalue weighted by atomic mass is 10.1. The maximum atomic E-state index is 13.2. The third-order valence-electron chi connectivity index (χ3n) is 2.89. The highest BCUT2D eigenvalue weighted by Gasteiger charge is 2.19. The Bertz CT molecular complexity index is 599. The first-order valence-corrected chi connectivity index (χ1v) is 7.20. The molecular weight excluding hydrogens is 278 g/mol. The van der Waals surface area contributed by atoms with Gasteiger partial charge in [-0.15, -0.1) is 11.8 Å². The minimum atomic E-state index is -0.892. The van der Waals surface area contributed by atoms with Gasteiger partial charge in [0.25, 0.3) is 0 Å². The van der Waals surface area contributed by atoms with Gasteiger partial charge in [-0.2, -0.15) is 0 Å². The Labute approximate surface area is 121 Å². The molecule has 1 nitrogen and oxygen atoms in total. The number of benzene rings is 2. The fourth-order valence-electron chi connectivity index (χ4n) is 1.82. The van der Waals surface area contributed by atoms with E-state index in [1.807, 2.05) is 25.1 Å². The van der Waals surface area contributed by atoms with Crippen molar-refractivity contribution in [1.29, 1.82) is 0 Å². The quantitative estimate of drug-likeness (QED) is 0.586. The maximum absolute atomic E-state index is 13.2. The average molecular weight is 292 g/mol. The second-order valence-corrected chi connectivity index (χ2v) is 5.60. The molecule has 0 fully saturated rings. The fraction of sp³-hybridized carbons (Fsp3) is 0.188. The molecule has 0 spiro atoms. The van der Waals surface area contributed by atoms with Crippen LogP contribution in [0.1, 0.15) is 23.7 Å². The molecule has 0 aliphatic carbocycles. The summed E-state index contributed by atoms with van der Waals surface area (Å²) in [6, 6.07) is 12.7. The van der Waals surface area contributed by atoms with Crippen molar-refractivity contribution < 1.29 is 13.6 Å². The predicted molar refractivity (Wildman–Crippen MR) is 77.1 cm³/mol. The Morgan fingerprint density at radius 2 is 1.80 bits per heavy atom. The number of carbonyl (C=O) groups excluding carboxylic acids is 1. The summed E-state index contributed by atoms with van der Waals surface area (Å²) in [5, 5.41) is -0.303. The van der Waals surface area contributed by atoms with E-state index >= 15 is 0 Å². The van der Waals surface area contributed by atoms with E-state index in [1.165, 1.54) is 17.8 Å². The lowest BCUT2D eigenvalue weighted by Gasteiger charge is -2.13. The molecule has 0 radical (unpaired) electrons. The van der Waals surface area contributed by atoms with Crippen LogP contribution in [-0.2, 0) is 0 Å². The Balaban J connectivity index is 2.16. The van der Waals surface area contributed by atoms with Crippen LogP contribution in [0, 0.1) is 11.6 Å². The molecule has 104 valence electrons. The number of thioether (sulfide) groups is 1. The Morgan fingerprint density at radius 3 is 2.40 bits per heavy atom. The highest BCUT2D eigenvalue weighted by Crippen LogP contribution is 2.29. The van der Waals surface area contributed by atoms with E-state index in [0.717, 1.165) is 12.1 Å². The van der Waals surface area contributed by atoms with Gasteiger partial charge in [-0.1, -0.05) is 37.3 Å². The van der Waals surface area contributed by atoms with Crippen LogP contribution in [0.3, 0.4) is 0 Å². The fourth-order valence-corrected chi connectivity index (χ4v) is 2.88. The molecular formula is C16H14F2OS. The van der Waals surface area contributed by atoms with Gasteiger partial charge >= 0.3 is 0 Å². The van der Waals surface area contributed by atoms with Gasteiger partial charge in [-0.3, -0.25) is 4.79 Å². The van der Waals surface area contributed by atoms with Gasteiger partial charge in [0.05, 0.1) is 5.25 Å². The zero-order valence-corrected chi connectivity index (χ0v) is 11.8. The summed E-state index contributed by atoms with van der Waals surface area (Å²) in [4.78, 5) is 12.9. The van der Waals surface area contributed by atoms with Crippen LogP contribution in [0.5, 0.6) is 0 Å². The minimum absolute atomic E-state index is 0.00262. The number of ketones is 1. The normalized spacial score (nSPS) is 12.2. The van der Waals surface area contributed by atoms with E-state index in [-0.39, 0.29) is 11.0 Å². The summed E-state index contributed by atoms with van der Waals surface area (Å²) in [5.41, 5.74) is 0.634. The first kappa shape index (κ1) is 14.7. The molecule has 0 aliphatic rings. The molecule has 2 rings (SSSR count). The van der Waals surface area contributed by atoms with Gasteiger partial charge in [-0.05, 0) is 24.6 Å². The Hall–Kier alpha value is -1.68. The summed E-state index contributed by atoms with van der Waals surface area (Å²) in [6.45, 7) is 1.90. The second-order valence-electron chi connectivity index (χ2n) is 4.32. The van der Waals surface area contributed by atoms with Gasteiger partial charge in [0.15, 0.2) is 17.4 Å². The summed E-state index contributed by atoms with van der Waals surface area (Å²) in [7, 11) is 0. The molecule has 0 bridgehead atoms. The molecule has 0 saturated heterocycles. The highest BCUT2D eigenvalue weighted by molar-refractivity contribution is 8.00. The lowest BCUT2D eigenvalue weighted by Crippen LogP contribution is -2.16. The number of rotatable bonds is 5. The SMILES string of the molecule is CCC(Sc1ccc(F)c(F)c1)C(=O)c1ccccc1. The van der Waals surface area contributed by atoms with Gasteiger partial charge in [0.1, 0.15) is 0 Å². The number of Topliss-reactive ketones (excluding diaryl/α,β-unsaturated/α-hetero) is 1. The standard InChI is InChI=1S/C16H14F2OS/c1-2-15(16(19)11-6-4-3-5-7-11)20-12-8-9-13(17)14(18)10-12/h3-10,15H,2H2,1H3. The molecule has 2 aromatic rings. The molecule has 1 unspecified atom stereocenters. The number of carbonyl (C=O) groups is 1. The van der Waals surface area contributed by atoms with Crippen LogP contribution in [0.25, 0.3) is 0 Å². The largest absolute Gasteiger partial charge is 0.293 e. The van der Waals surface area contributed by atoms with Crippen LogP contribution in [0.2, 0.25) is 0 Å². The van der Waals surface area contributed by atoms with Crippen LogP contribution >= 0.6 is 11.8 Å². The topological polar surface area (TPSA) is 17.1 Å². The first-order valence-electron chi connectivity index (χ1n) is 6.32. The smallest absolute Gasteiger partial charge is 0.176 e. The summed E-state index contributed by atoms with van der Waals surface area (Å²) >= 11 is 1.26. The van der Waals surface area contributed by atoms with Crippen molar-refractivity contribution in [2.75, 3.05) is 0 Å². The molecule has 1 atom stereocenters. The molecule has 20 heavy (non-hydrogen) atoms. The summed E-state index contributed by atoms with van der Waals surface area (Å²) < 4.78 is 26.1. The van der Waals surface area contributed by atoms with Gasteiger partial charge in [-0.25, -0.2) is 8.78 Å². The Morgan fingerprint density at radius 1 is 1.10 bits per heavy atom. The van der Waals surface area contributed by atoms with Crippen LogP contribution in [0.15, 0.2) is 53.4 Å². The van der Waals surface area contributed by atoms with E-state index in [0.29, 0.717) is 16.9 Å². The molecule has 4 heteroatoms. The van der Waals surface area contributed by atoms with E-state index in [1.54, 1.807) is 12.1 Å². The van der Waals surface area contributed by atoms with Crippen molar-refractivity contribution >= 4 is 17.5 Å². The monoisotopic (exact) mass is 292 g/mol. The molecule has 2 aromatic carbocycles. The van der Waals surface area contributed by atoms with Gasteiger partial charge < -0.3 is 0 Å². The first-order chi connectivity index (χ1) is 9.61. The van der Waals surface area contributed by atoms with E-state index < -0.39 is 11.6 Å². The predicted octanol–water partition coefficient (Wildman–Crippen LogP) is 4.72. The van der Waals surface area contributed by atoms with Gasteiger partial charge in [0, 0.05) is 10.5 Å². The molecule has 0 N–H and O–H groups in total. The second kappa shape index (κ2) is 6.66. The third-order valence-corrected chi connectivity index (χ3v) is 4.25. The molecule has 0 heterocycles. The van der Waals surface area contributed by atoms with Crippen molar-refractivity contribution in [1.82, 2.24) is 0 Å². The number of halogens is 2. The van der Waals surface area contributed by atoms with Crippen molar-refractivity contribution in [3.05, 3.63) is 65.7 Å². The van der Waals surface area contributed by atoms with E-state index in [9.17, 15) is 13.6 Å². The summed E-state index contributed by atoms with van der Waals surface area (Å²) in [6.07, 6.45) is 0.622. The zero-order chi connectivity index (χ0) is 14.5. The maximum Gasteiger partial charge on any atom is 0.176 e. The minimum Gasteiger partial charge on any atom is -0.293 e. The molecule has 0 saturated carbocycles. The lowest BCUT2D eigenvalue weighted by molar-refractivity contribution is 0.0988. The zero-order valence-electron chi connectivity index (χ0n) is 11.0. The van der Waals surface area contributed by atoms with Crippen LogP contribution in [0.4, 0.5) is 8.78 Å². The number of hydrogen-bond donors (Lipinski definition) is 0. The third kappa shape index (κ3) is 3.45. The molecule has 0 amide bonds. The number of hydrogen-bond acceptors (Lipinski definition) is 2. The van der Waals surface area contributed by atoms with Crippen molar-refractivity contribution in [2.24, 2.45) is 0 Å². The van der Waals surface area contributed by atoms with E-state index in [2.05, 4.69) is 0 Å². The van der Waals surface area contributed by atoms with E-state index in [4.69, 9.17) is 0 Å². The Kier molecular flexibility index (Phi) is 4.90. The van der Waals surface area contributed by atoms with Crippen LogP contribution < -0.4 is 0 Å². The summed E-state index contributed by atoms with van der Waals surface area (Å²) in [5.74, 6) is -1.77. The highest BCUT2D eigenvalue weighted by atomic mass is 32.2. The van der Waals surface area contributed by atoms with Crippen molar-refractivity contribution in [3.8, 4) is 0 Å². The van der Waals surface area contributed by atoms with Crippen molar-refractivity contribution in [2.45, 2.75) is 23.5 Å². The average Bonchev–Trinajstić information content (AvgIpc) is 2.48.